The van der Waals surface area contributed by atoms with Crippen LogP contribution >= 0.6 is 0 Å². The quantitative estimate of drug-likeness (QED) is 0.628. The molecule has 0 aliphatic heterocycles. The minimum Gasteiger partial charge on any atom is -0.370 e. The lowest BCUT2D eigenvalue weighted by atomic mass is 9.92. The number of hydrogen-bond donors (Lipinski definition) is 2. The molecular formula is C19H32N2O3S. The van der Waals surface area contributed by atoms with Crippen LogP contribution in [0, 0.1) is 5.92 Å². The highest BCUT2D eigenvalue weighted by Gasteiger charge is 2.18. The summed E-state index contributed by atoms with van der Waals surface area (Å²) in [6.07, 6.45) is 0.987. The zero-order valence-electron chi connectivity index (χ0n) is 15.8. The van der Waals surface area contributed by atoms with Crippen molar-refractivity contribution in [1.29, 1.82) is 0 Å². The highest BCUT2D eigenvalue weighted by atomic mass is 32.2. The molecule has 0 saturated carbocycles. The highest BCUT2D eigenvalue weighted by Crippen LogP contribution is 2.25. The monoisotopic (exact) mass is 368 g/mol. The molecule has 0 fully saturated rings. The predicted molar refractivity (Wildman–Crippen MR) is 103 cm³/mol. The lowest BCUT2D eigenvalue weighted by Crippen LogP contribution is -2.31. The Kier molecular flexibility index (Phi) is 8.59. The van der Waals surface area contributed by atoms with Crippen molar-refractivity contribution in [3.63, 3.8) is 0 Å². The molecule has 142 valence electrons. The molecule has 1 amide bonds. The van der Waals surface area contributed by atoms with Gasteiger partial charge in [-0.05, 0) is 29.4 Å². The maximum atomic E-state index is 11.9. The lowest BCUT2D eigenvalue weighted by molar-refractivity contribution is -0.117. The van der Waals surface area contributed by atoms with Crippen molar-refractivity contribution in [1.82, 2.24) is 5.32 Å². The van der Waals surface area contributed by atoms with Crippen molar-refractivity contribution in [2.45, 2.75) is 52.5 Å². The second-order valence-corrected chi connectivity index (χ2v) is 9.32. The van der Waals surface area contributed by atoms with Gasteiger partial charge in [-0.25, -0.2) is 8.42 Å². The Labute approximate surface area is 152 Å². The number of nitrogens with two attached hydrogens (primary N) is 1. The summed E-state index contributed by atoms with van der Waals surface area (Å²) in [5, 5.41) is 3.35. The number of hydrogen-bond acceptors (Lipinski definition) is 4. The molecule has 0 aliphatic carbocycles. The molecule has 3 N–H and O–H groups in total. The van der Waals surface area contributed by atoms with Crippen molar-refractivity contribution >= 4 is 15.7 Å². The smallest absolute Gasteiger partial charge is 0.218 e. The third-order valence-electron chi connectivity index (χ3n) is 4.58. The van der Waals surface area contributed by atoms with Gasteiger partial charge < -0.3 is 11.1 Å². The van der Waals surface area contributed by atoms with Crippen LogP contribution < -0.4 is 11.1 Å². The Balaban J connectivity index is 2.67. The molecule has 2 atom stereocenters. The summed E-state index contributed by atoms with van der Waals surface area (Å²) in [6.45, 7) is 8.97. The fraction of sp³-hybridized carbons (Fsp3) is 0.632. The van der Waals surface area contributed by atoms with Gasteiger partial charge in [0.2, 0.25) is 5.91 Å². The number of benzene rings is 1. The number of amides is 1. The van der Waals surface area contributed by atoms with Crippen LogP contribution in [-0.4, -0.2) is 32.4 Å². The van der Waals surface area contributed by atoms with Crippen molar-refractivity contribution in [2.75, 3.05) is 18.1 Å². The van der Waals surface area contributed by atoms with E-state index in [1.807, 2.05) is 0 Å². The van der Waals surface area contributed by atoms with E-state index in [-0.39, 0.29) is 24.0 Å². The summed E-state index contributed by atoms with van der Waals surface area (Å²) in [7, 11) is -3.26. The largest absolute Gasteiger partial charge is 0.370 e. The second-order valence-electron chi connectivity index (χ2n) is 7.02. The highest BCUT2D eigenvalue weighted by molar-refractivity contribution is 7.91. The fourth-order valence-corrected chi connectivity index (χ4v) is 3.88. The Bertz CT molecular complexity index is 639. The maximum Gasteiger partial charge on any atom is 0.218 e. The van der Waals surface area contributed by atoms with Crippen molar-refractivity contribution in [3.05, 3.63) is 35.4 Å². The van der Waals surface area contributed by atoms with Gasteiger partial charge >= 0.3 is 0 Å². The van der Waals surface area contributed by atoms with Gasteiger partial charge in [0, 0.05) is 19.0 Å². The SMILES string of the molecule is CCC(C)c1ccc(C(NCCS(=O)(=O)CCC(N)=O)C(C)C)cc1. The summed E-state index contributed by atoms with van der Waals surface area (Å²) in [5.41, 5.74) is 7.50. The van der Waals surface area contributed by atoms with Crippen LogP contribution in [0.3, 0.4) is 0 Å². The summed E-state index contributed by atoms with van der Waals surface area (Å²) < 4.78 is 23.9. The Hall–Kier alpha value is -1.40. The molecule has 1 rings (SSSR count). The number of carbonyl (C=O) groups excluding carboxylic acids is 1. The lowest BCUT2D eigenvalue weighted by Gasteiger charge is -2.23. The van der Waals surface area contributed by atoms with Crippen LogP contribution in [0.25, 0.3) is 0 Å². The van der Waals surface area contributed by atoms with E-state index in [0.717, 1.165) is 12.0 Å². The first-order valence-electron chi connectivity index (χ1n) is 8.98. The number of primary amides is 1. The maximum absolute atomic E-state index is 11.9. The van der Waals surface area contributed by atoms with E-state index in [4.69, 9.17) is 5.73 Å². The second kappa shape index (κ2) is 9.92. The number of carbonyl (C=O) groups is 1. The molecule has 1 aromatic carbocycles. The number of sulfone groups is 1. The first kappa shape index (κ1) is 21.6. The van der Waals surface area contributed by atoms with Gasteiger partial charge in [-0.3, -0.25) is 4.79 Å². The molecule has 0 aliphatic rings. The van der Waals surface area contributed by atoms with E-state index in [2.05, 4.69) is 57.3 Å². The predicted octanol–water partition coefficient (Wildman–Crippen LogP) is 2.78. The minimum atomic E-state index is -3.26. The van der Waals surface area contributed by atoms with E-state index >= 15 is 0 Å². The average Bonchev–Trinajstić information content (AvgIpc) is 2.56. The zero-order chi connectivity index (χ0) is 19.0. The molecule has 5 nitrogen and oxygen atoms in total. The normalized spacial score (nSPS) is 14.4. The number of rotatable bonds is 11. The minimum absolute atomic E-state index is 0.00839. The van der Waals surface area contributed by atoms with Crippen LogP contribution in [0.5, 0.6) is 0 Å². The fourth-order valence-electron chi connectivity index (χ4n) is 2.73. The first-order valence-corrected chi connectivity index (χ1v) is 10.8. The van der Waals surface area contributed by atoms with Gasteiger partial charge in [-0.15, -0.1) is 0 Å². The van der Waals surface area contributed by atoms with Gasteiger partial charge in [0.1, 0.15) is 0 Å². The molecule has 0 heterocycles. The van der Waals surface area contributed by atoms with E-state index in [9.17, 15) is 13.2 Å². The van der Waals surface area contributed by atoms with Crippen LogP contribution in [0.15, 0.2) is 24.3 Å². The Morgan fingerprint density at radius 3 is 2.12 bits per heavy atom. The van der Waals surface area contributed by atoms with Crippen LogP contribution in [-0.2, 0) is 14.6 Å². The molecule has 0 aromatic heterocycles. The molecule has 6 heteroatoms. The van der Waals surface area contributed by atoms with Crippen molar-refractivity contribution < 1.29 is 13.2 Å². The molecule has 25 heavy (non-hydrogen) atoms. The number of nitrogens with one attached hydrogen (secondary N) is 1. The average molecular weight is 369 g/mol. The molecule has 0 saturated heterocycles. The van der Waals surface area contributed by atoms with Crippen LogP contribution in [0.2, 0.25) is 0 Å². The molecule has 2 unspecified atom stereocenters. The van der Waals surface area contributed by atoms with E-state index in [1.165, 1.54) is 5.56 Å². The summed E-state index contributed by atoms with van der Waals surface area (Å²) in [6, 6.07) is 8.66. The molecular weight excluding hydrogens is 336 g/mol. The molecule has 0 spiro atoms. The first-order chi connectivity index (χ1) is 11.7. The Morgan fingerprint density at radius 1 is 1.08 bits per heavy atom. The third-order valence-corrected chi connectivity index (χ3v) is 6.23. The van der Waals surface area contributed by atoms with Gasteiger partial charge in [0.25, 0.3) is 0 Å². The summed E-state index contributed by atoms with van der Waals surface area (Å²) in [4.78, 5) is 10.7. The summed E-state index contributed by atoms with van der Waals surface area (Å²) in [5.74, 6) is 0.115. The zero-order valence-corrected chi connectivity index (χ0v) is 16.6. The van der Waals surface area contributed by atoms with Gasteiger partial charge in [0.05, 0.1) is 11.5 Å². The van der Waals surface area contributed by atoms with Gasteiger partial charge in [-0.1, -0.05) is 52.0 Å². The molecule has 0 bridgehead atoms. The van der Waals surface area contributed by atoms with Gasteiger partial charge in [0.15, 0.2) is 9.84 Å². The van der Waals surface area contributed by atoms with E-state index in [1.54, 1.807) is 0 Å². The van der Waals surface area contributed by atoms with Crippen molar-refractivity contribution in [3.8, 4) is 0 Å². The van der Waals surface area contributed by atoms with Crippen LogP contribution in [0.1, 0.15) is 63.6 Å². The van der Waals surface area contributed by atoms with E-state index in [0.29, 0.717) is 18.4 Å². The van der Waals surface area contributed by atoms with Gasteiger partial charge in [-0.2, -0.15) is 0 Å². The van der Waals surface area contributed by atoms with Crippen LogP contribution in [0.4, 0.5) is 0 Å². The standard InChI is InChI=1S/C19H32N2O3S/c1-5-15(4)16-6-8-17(9-7-16)19(14(2)3)21-11-13-25(23,24)12-10-18(20)22/h6-9,14-15,19,21H,5,10-13H2,1-4H3,(H2,20,22). The molecule has 1 aromatic rings. The summed E-state index contributed by atoms with van der Waals surface area (Å²) >= 11 is 0. The Morgan fingerprint density at radius 2 is 1.64 bits per heavy atom. The van der Waals surface area contributed by atoms with E-state index < -0.39 is 15.7 Å². The van der Waals surface area contributed by atoms with Crippen molar-refractivity contribution in [2.24, 2.45) is 11.7 Å². The topological polar surface area (TPSA) is 89.3 Å². The third kappa shape index (κ3) is 7.57. The molecule has 0 radical (unpaired) electrons.